The largest absolute Gasteiger partial charge is 0.462 e. The average Bonchev–Trinajstić information content (AvgIpc) is 3.18. The number of rotatable bonds is 6. The van der Waals surface area contributed by atoms with Gasteiger partial charge in [0, 0.05) is 35.6 Å². The van der Waals surface area contributed by atoms with E-state index in [1.54, 1.807) is 50.5 Å². The van der Waals surface area contributed by atoms with E-state index in [1.165, 1.54) is 0 Å². The third-order valence-corrected chi connectivity index (χ3v) is 4.47. The monoisotopic (exact) mass is 366 g/mol. The van der Waals surface area contributed by atoms with Gasteiger partial charge in [-0.15, -0.1) is 0 Å². The van der Waals surface area contributed by atoms with E-state index in [9.17, 15) is 9.59 Å². The second-order valence-corrected chi connectivity index (χ2v) is 6.18. The van der Waals surface area contributed by atoms with Crippen LogP contribution < -0.4 is 0 Å². The Morgan fingerprint density at radius 3 is 2.11 bits per heavy atom. The number of pyridine rings is 2. The topological polar surface area (TPSA) is 78.4 Å². The normalized spacial score (nSPS) is 18.3. The molecule has 1 aliphatic rings. The van der Waals surface area contributed by atoms with Crippen LogP contribution in [0.5, 0.6) is 0 Å². The number of hydrogen-bond acceptors (Lipinski definition) is 6. The molecule has 6 nitrogen and oxygen atoms in total. The van der Waals surface area contributed by atoms with Crippen LogP contribution in [0.25, 0.3) is 0 Å². The molecule has 3 rings (SSSR count). The number of aromatic nitrogens is 2. The minimum absolute atomic E-state index is 0.0238. The summed E-state index contributed by atoms with van der Waals surface area (Å²) in [6.07, 6.45) is 8.18. The van der Waals surface area contributed by atoms with Crippen molar-refractivity contribution in [2.45, 2.75) is 32.1 Å². The van der Waals surface area contributed by atoms with Gasteiger partial charge in [0.15, 0.2) is 0 Å². The van der Waals surface area contributed by atoms with Crippen molar-refractivity contribution in [3.05, 3.63) is 71.3 Å². The molecule has 0 saturated carbocycles. The third-order valence-electron chi connectivity index (χ3n) is 4.47. The lowest BCUT2D eigenvalue weighted by atomic mass is 9.88. The maximum absolute atomic E-state index is 12.0. The summed E-state index contributed by atoms with van der Waals surface area (Å²) in [6, 6.07) is 6.84. The smallest absolute Gasteiger partial charge is 0.338 e. The fraction of sp³-hybridized carbons (Fsp3) is 0.333. The van der Waals surface area contributed by atoms with Crippen LogP contribution >= 0.6 is 0 Å². The first-order chi connectivity index (χ1) is 13.1. The molecule has 2 aromatic rings. The highest BCUT2D eigenvalue weighted by Crippen LogP contribution is 2.40. The summed E-state index contributed by atoms with van der Waals surface area (Å²) in [7, 11) is 0. The van der Waals surface area contributed by atoms with E-state index in [-0.39, 0.29) is 23.8 Å². The lowest BCUT2D eigenvalue weighted by Gasteiger charge is -2.19. The van der Waals surface area contributed by atoms with Gasteiger partial charge in [-0.3, -0.25) is 9.97 Å². The molecule has 0 radical (unpaired) electrons. The minimum Gasteiger partial charge on any atom is -0.462 e. The van der Waals surface area contributed by atoms with E-state index in [1.807, 2.05) is 0 Å². The molecule has 0 aliphatic heterocycles. The quantitative estimate of drug-likeness (QED) is 0.573. The molecule has 0 saturated heterocycles. The summed E-state index contributed by atoms with van der Waals surface area (Å²) in [5.41, 5.74) is 2.55. The molecule has 0 bridgehead atoms. The van der Waals surface area contributed by atoms with Crippen LogP contribution in [0, 0.1) is 0 Å². The molecular weight excluding hydrogens is 344 g/mol. The Morgan fingerprint density at radius 2 is 1.52 bits per heavy atom. The van der Waals surface area contributed by atoms with Crippen molar-refractivity contribution < 1.29 is 19.1 Å². The van der Waals surface area contributed by atoms with E-state index in [0.29, 0.717) is 24.3 Å². The summed E-state index contributed by atoms with van der Waals surface area (Å²) in [4.78, 5) is 32.9. The van der Waals surface area contributed by atoms with Gasteiger partial charge in [-0.25, -0.2) is 9.59 Å². The van der Waals surface area contributed by atoms with Crippen LogP contribution in [0.1, 0.15) is 64.2 Å². The van der Waals surface area contributed by atoms with Crippen LogP contribution in [-0.2, 0) is 9.47 Å². The summed E-state index contributed by atoms with van der Waals surface area (Å²) in [5, 5.41) is 0. The molecule has 0 amide bonds. The number of allylic oxidation sites excluding steroid dienone is 2. The van der Waals surface area contributed by atoms with Crippen LogP contribution in [0.4, 0.5) is 0 Å². The fourth-order valence-electron chi connectivity index (χ4n) is 3.23. The Balaban J connectivity index is 1.87. The Morgan fingerprint density at radius 1 is 0.963 bits per heavy atom. The highest BCUT2D eigenvalue weighted by Gasteiger charge is 2.29. The lowest BCUT2D eigenvalue weighted by Crippen LogP contribution is -2.12. The highest BCUT2D eigenvalue weighted by atomic mass is 16.5. The van der Waals surface area contributed by atoms with Crippen molar-refractivity contribution >= 4 is 11.9 Å². The summed E-state index contributed by atoms with van der Waals surface area (Å²) in [6.45, 7) is 4.21. The van der Waals surface area contributed by atoms with Gasteiger partial charge in [-0.05, 0) is 44.5 Å². The van der Waals surface area contributed by atoms with E-state index in [2.05, 4.69) is 22.1 Å². The van der Waals surface area contributed by atoms with Gasteiger partial charge in [0.1, 0.15) is 0 Å². The van der Waals surface area contributed by atoms with Crippen LogP contribution in [0.3, 0.4) is 0 Å². The van der Waals surface area contributed by atoms with Gasteiger partial charge in [-0.2, -0.15) is 0 Å². The number of nitrogens with zero attached hydrogens (tertiary/aromatic N) is 2. The first-order valence-corrected chi connectivity index (χ1v) is 9.06. The SMILES string of the molecule is CCOC(=O)c1ccnc(C2C=CCC2c2cc(C(=O)OCC)ccn2)c1. The molecule has 0 N–H and O–H groups in total. The zero-order valence-electron chi connectivity index (χ0n) is 15.4. The van der Waals surface area contributed by atoms with Crippen molar-refractivity contribution in [3.8, 4) is 0 Å². The molecule has 2 unspecified atom stereocenters. The molecule has 6 heteroatoms. The maximum Gasteiger partial charge on any atom is 0.338 e. The summed E-state index contributed by atoms with van der Waals surface area (Å²) in [5.74, 6) is -0.693. The molecule has 2 aromatic heterocycles. The zero-order valence-corrected chi connectivity index (χ0v) is 15.4. The molecule has 0 spiro atoms. The molecule has 1 aliphatic carbocycles. The van der Waals surface area contributed by atoms with Crippen molar-refractivity contribution in [1.29, 1.82) is 0 Å². The second-order valence-electron chi connectivity index (χ2n) is 6.18. The van der Waals surface area contributed by atoms with E-state index < -0.39 is 0 Å². The van der Waals surface area contributed by atoms with Gasteiger partial charge < -0.3 is 9.47 Å². The van der Waals surface area contributed by atoms with Gasteiger partial charge in [-0.1, -0.05) is 12.2 Å². The van der Waals surface area contributed by atoms with Crippen molar-refractivity contribution in [1.82, 2.24) is 9.97 Å². The Hall–Kier alpha value is -3.02. The highest BCUT2D eigenvalue weighted by molar-refractivity contribution is 5.90. The first kappa shape index (κ1) is 18.8. The molecule has 140 valence electrons. The Kier molecular flexibility index (Phi) is 5.96. The van der Waals surface area contributed by atoms with Crippen LogP contribution in [0.15, 0.2) is 48.8 Å². The van der Waals surface area contributed by atoms with Gasteiger partial charge in [0.05, 0.1) is 24.3 Å². The Labute approximate surface area is 158 Å². The predicted molar refractivity (Wildman–Crippen MR) is 99.6 cm³/mol. The summed E-state index contributed by atoms with van der Waals surface area (Å²) >= 11 is 0. The standard InChI is InChI=1S/C21H22N2O4/c1-3-26-20(24)14-8-10-22-18(12-14)16-6-5-7-17(16)19-13-15(9-11-23-19)21(25)27-4-2/h5-6,8-13,16-17H,3-4,7H2,1-2H3. The first-order valence-electron chi connectivity index (χ1n) is 9.06. The number of hydrogen-bond donors (Lipinski definition) is 0. The predicted octanol–water partition coefficient (Wildman–Crippen LogP) is 3.66. The van der Waals surface area contributed by atoms with Crippen molar-refractivity contribution in [2.24, 2.45) is 0 Å². The van der Waals surface area contributed by atoms with Crippen LogP contribution in [0.2, 0.25) is 0 Å². The van der Waals surface area contributed by atoms with E-state index in [0.717, 1.165) is 17.8 Å². The van der Waals surface area contributed by atoms with Crippen molar-refractivity contribution in [2.75, 3.05) is 13.2 Å². The Bertz CT molecular complexity index is 863. The number of carbonyl (C=O) groups is 2. The molecule has 0 aromatic carbocycles. The molecule has 0 fully saturated rings. The molecule has 27 heavy (non-hydrogen) atoms. The number of carbonyl (C=O) groups excluding carboxylic acids is 2. The second kappa shape index (κ2) is 8.58. The third kappa shape index (κ3) is 4.22. The average molecular weight is 366 g/mol. The number of ether oxygens (including phenoxy) is 2. The van der Waals surface area contributed by atoms with Crippen LogP contribution in [-0.4, -0.2) is 35.1 Å². The summed E-state index contributed by atoms with van der Waals surface area (Å²) < 4.78 is 10.1. The van der Waals surface area contributed by atoms with E-state index >= 15 is 0 Å². The van der Waals surface area contributed by atoms with Gasteiger partial charge in [0.2, 0.25) is 0 Å². The number of esters is 2. The van der Waals surface area contributed by atoms with E-state index in [4.69, 9.17) is 9.47 Å². The van der Waals surface area contributed by atoms with Gasteiger partial charge in [0.25, 0.3) is 0 Å². The molecular formula is C21H22N2O4. The van der Waals surface area contributed by atoms with Gasteiger partial charge >= 0.3 is 11.9 Å². The fourth-order valence-corrected chi connectivity index (χ4v) is 3.23. The molecule has 2 heterocycles. The maximum atomic E-state index is 12.0. The minimum atomic E-state index is -0.359. The lowest BCUT2D eigenvalue weighted by molar-refractivity contribution is 0.0516. The molecule has 2 atom stereocenters. The van der Waals surface area contributed by atoms with Crippen molar-refractivity contribution in [3.63, 3.8) is 0 Å². The zero-order chi connectivity index (χ0) is 19.2.